The monoisotopic (exact) mass is 454 g/mol. The Morgan fingerprint density at radius 2 is 1.77 bits per heavy atom. The molecule has 2 saturated heterocycles. The van der Waals surface area contributed by atoms with E-state index in [1.165, 1.54) is 18.2 Å². The number of benzene rings is 1. The Morgan fingerprint density at radius 3 is 2.26 bits per heavy atom. The molecule has 1 amide bonds. The maximum atomic E-state index is 12.4. The zero-order chi connectivity index (χ0) is 23.2. The molecular weight excluding hydrogens is 423 g/mol. The Morgan fingerprint density at radius 1 is 1.23 bits per heavy atom. The molecule has 0 bridgehead atoms. The second-order valence-electron chi connectivity index (χ2n) is 9.33. The minimum atomic E-state index is -4.50. The zero-order valence-corrected chi connectivity index (χ0v) is 19.2. The number of aliphatic hydroxyl groups is 1. The average molecular weight is 454 g/mol. The molecular formula is C20H31BN2O7S. The summed E-state index contributed by atoms with van der Waals surface area (Å²) in [6.45, 7) is 8.52. The third kappa shape index (κ3) is 5.13. The fraction of sp³-hybridized carbons (Fsp3) is 0.650. The smallest absolute Gasteiger partial charge is 0.399 e. The number of nitrogens with two attached hydrogens (primary N) is 1. The van der Waals surface area contributed by atoms with Crippen LogP contribution in [0.1, 0.15) is 61.7 Å². The summed E-state index contributed by atoms with van der Waals surface area (Å²) in [5.41, 5.74) is 4.88. The first-order valence-corrected chi connectivity index (χ1v) is 11.9. The highest BCUT2D eigenvalue weighted by molar-refractivity contribution is 7.86. The van der Waals surface area contributed by atoms with Crippen LogP contribution in [0.15, 0.2) is 18.2 Å². The van der Waals surface area contributed by atoms with E-state index in [0.717, 1.165) is 0 Å². The number of hydrogen-bond acceptors (Lipinski definition) is 7. The molecule has 9 nitrogen and oxygen atoms in total. The minimum absolute atomic E-state index is 0.0357. The number of primary amides is 1. The Bertz CT molecular complexity index is 927. The summed E-state index contributed by atoms with van der Waals surface area (Å²) < 4.78 is 47.1. The molecule has 1 aromatic carbocycles. The van der Waals surface area contributed by atoms with Gasteiger partial charge in [0.15, 0.2) is 0 Å². The van der Waals surface area contributed by atoms with Crippen molar-refractivity contribution in [3.8, 4) is 0 Å². The fourth-order valence-electron chi connectivity index (χ4n) is 3.88. The summed E-state index contributed by atoms with van der Waals surface area (Å²) in [5.74, 6) is -0.669. The van der Waals surface area contributed by atoms with Gasteiger partial charge in [-0.3, -0.25) is 9.35 Å². The lowest BCUT2D eigenvalue weighted by Gasteiger charge is -2.32. The first-order chi connectivity index (χ1) is 14.2. The van der Waals surface area contributed by atoms with Crippen LogP contribution in [0.25, 0.3) is 0 Å². The number of hydrogen-bond donors (Lipinski definition) is 3. The van der Waals surface area contributed by atoms with Gasteiger partial charge in [-0.2, -0.15) is 8.42 Å². The van der Waals surface area contributed by atoms with E-state index in [4.69, 9.17) is 15.0 Å². The third-order valence-corrected chi connectivity index (χ3v) is 7.69. The van der Waals surface area contributed by atoms with Crippen molar-refractivity contribution in [1.82, 2.24) is 4.90 Å². The van der Waals surface area contributed by atoms with Crippen LogP contribution in [0.5, 0.6) is 0 Å². The molecule has 0 saturated carbocycles. The van der Waals surface area contributed by atoms with Crippen molar-refractivity contribution in [3.05, 3.63) is 29.3 Å². The number of likely N-dealkylation sites (tertiary alicyclic amines) is 1. The molecule has 0 aliphatic carbocycles. The van der Waals surface area contributed by atoms with Gasteiger partial charge in [-0.25, -0.2) is 0 Å². The second-order valence-corrected chi connectivity index (χ2v) is 10.9. The topological polar surface area (TPSA) is 139 Å². The van der Waals surface area contributed by atoms with Crippen molar-refractivity contribution in [3.63, 3.8) is 0 Å². The molecule has 0 spiro atoms. The highest BCUT2D eigenvalue weighted by Gasteiger charge is 2.53. The molecule has 3 rings (SSSR count). The quantitative estimate of drug-likeness (QED) is 0.417. The van der Waals surface area contributed by atoms with Gasteiger partial charge in [-0.05, 0) is 63.7 Å². The van der Waals surface area contributed by atoms with E-state index >= 15 is 0 Å². The van der Waals surface area contributed by atoms with Crippen molar-refractivity contribution in [2.24, 2.45) is 5.73 Å². The summed E-state index contributed by atoms with van der Waals surface area (Å²) in [7, 11) is -5.44. The number of aliphatic hydroxyl groups excluding tert-OH is 1. The molecule has 2 aliphatic rings. The number of rotatable bonds is 6. The predicted molar refractivity (Wildman–Crippen MR) is 117 cm³/mol. The Labute approximate surface area is 183 Å². The van der Waals surface area contributed by atoms with Gasteiger partial charge >= 0.3 is 7.12 Å². The summed E-state index contributed by atoms with van der Waals surface area (Å²) >= 11 is 0. The van der Waals surface area contributed by atoms with Gasteiger partial charge < -0.3 is 25.0 Å². The van der Waals surface area contributed by atoms with Crippen molar-refractivity contribution < 1.29 is 32.2 Å². The SMILES string of the molecule is CC1(C)OB(c2cc(C(N)=O)ccc2C(CN2CCC(O)CC2)S(=O)(=O)O)OC1(C)C. The van der Waals surface area contributed by atoms with Crippen molar-refractivity contribution in [2.45, 2.75) is 63.1 Å². The first kappa shape index (κ1) is 24.2. The average Bonchev–Trinajstić information content (AvgIpc) is 2.87. The highest BCUT2D eigenvalue weighted by Crippen LogP contribution is 2.37. The van der Waals surface area contributed by atoms with E-state index in [-0.39, 0.29) is 17.7 Å². The zero-order valence-electron chi connectivity index (χ0n) is 18.4. The van der Waals surface area contributed by atoms with Gasteiger partial charge in [0.05, 0.1) is 17.3 Å². The lowest BCUT2D eigenvalue weighted by atomic mass is 9.74. The van der Waals surface area contributed by atoms with E-state index in [1.54, 1.807) is 0 Å². The second kappa shape index (κ2) is 8.45. The van der Waals surface area contributed by atoms with Crippen molar-refractivity contribution in [1.29, 1.82) is 0 Å². The van der Waals surface area contributed by atoms with Gasteiger partial charge in [-0.1, -0.05) is 6.07 Å². The third-order valence-electron chi connectivity index (χ3n) is 6.57. The molecule has 1 aromatic rings. The summed E-state index contributed by atoms with van der Waals surface area (Å²) in [6, 6.07) is 4.39. The van der Waals surface area contributed by atoms with E-state index in [1.807, 2.05) is 32.6 Å². The fourth-order valence-corrected chi connectivity index (χ4v) is 4.82. The lowest BCUT2D eigenvalue weighted by molar-refractivity contribution is 0.00578. The molecule has 0 aromatic heterocycles. The van der Waals surface area contributed by atoms with Crippen molar-refractivity contribution >= 4 is 28.6 Å². The van der Waals surface area contributed by atoms with Crippen LogP contribution < -0.4 is 11.2 Å². The normalized spacial score (nSPS) is 23.1. The number of piperidine rings is 1. The first-order valence-electron chi connectivity index (χ1n) is 10.4. The molecule has 1 atom stereocenters. The van der Waals surface area contributed by atoms with Crippen LogP contribution >= 0.6 is 0 Å². The summed E-state index contributed by atoms with van der Waals surface area (Å²) in [5, 5.41) is 8.46. The number of nitrogens with zero attached hydrogens (tertiary/aromatic N) is 1. The molecule has 2 fully saturated rings. The summed E-state index contributed by atoms with van der Waals surface area (Å²) in [6.07, 6.45) is 0.654. The van der Waals surface area contributed by atoms with Crippen molar-refractivity contribution in [2.75, 3.05) is 19.6 Å². The predicted octanol–water partition coefficient (Wildman–Crippen LogP) is 0.470. The molecule has 11 heteroatoms. The van der Waals surface area contributed by atoms with Gasteiger partial charge in [0.2, 0.25) is 5.91 Å². The van der Waals surface area contributed by atoms with Gasteiger partial charge in [-0.15, -0.1) is 0 Å². The van der Waals surface area contributed by atoms with Gasteiger partial charge in [0.25, 0.3) is 10.1 Å². The standard InChI is InChI=1S/C20H31BN2O7S/c1-19(2)20(3,4)30-21(29-19)16-11-13(18(22)25)5-6-15(16)17(31(26,27)28)12-23-9-7-14(24)8-10-23/h5-6,11,14,17,24H,7-10,12H2,1-4H3,(H2,22,25)(H,26,27,28). The van der Waals surface area contributed by atoms with Gasteiger partial charge in [0.1, 0.15) is 5.25 Å². The lowest BCUT2D eigenvalue weighted by Crippen LogP contribution is -2.43. The maximum absolute atomic E-state index is 12.4. The number of carbonyl (C=O) groups is 1. The molecule has 172 valence electrons. The van der Waals surface area contributed by atoms with Crippen LogP contribution in [0.2, 0.25) is 0 Å². The van der Waals surface area contributed by atoms with E-state index < -0.39 is 45.7 Å². The molecule has 1 unspecified atom stereocenters. The molecule has 31 heavy (non-hydrogen) atoms. The molecule has 2 aliphatic heterocycles. The van der Waals surface area contributed by atoms with Gasteiger partial charge in [0, 0.05) is 25.2 Å². The molecule has 0 radical (unpaired) electrons. The Hall–Kier alpha value is -1.50. The van der Waals surface area contributed by atoms with E-state index in [9.17, 15) is 22.9 Å². The Kier molecular flexibility index (Phi) is 6.59. The van der Waals surface area contributed by atoms with Crippen LogP contribution in [0.3, 0.4) is 0 Å². The molecule has 4 N–H and O–H groups in total. The largest absolute Gasteiger partial charge is 0.495 e. The number of amides is 1. The van der Waals surface area contributed by atoms with E-state index in [0.29, 0.717) is 31.4 Å². The summed E-state index contributed by atoms with van der Waals surface area (Å²) in [4.78, 5) is 13.7. The highest BCUT2D eigenvalue weighted by atomic mass is 32.2. The molecule has 2 heterocycles. The van der Waals surface area contributed by atoms with Crippen LogP contribution in [-0.4, -0.2) is 72.9 Å². The maximum Gasteiger partial charge on any atom is 0.495 e. The van der Waals surface area contributed by atoms with Crippen LogP contribution in [0.4, 0.5) is 0 Å². The van der Waals surface area contributed by atoms with E-state index in [2.05, 4.69) is 0 Å². The Balaban J connectivity index is 2.04. The number of carbonyl (C=O) groups excluding carboxylic acids is 1. The van der Waals surface area contributed by atoms with Crippen LogP contribution in [-0.2, 0) is 19.4 Å². The van der Waals surface area contributed by atoms with Crippen LogP contribution in [0, 0.1) is 0 Å². The minimum Gasteiger partial charge on any atom is -0.399 e.